The summed E-state index contributed by atoms with van der Waals surface area (Å²) in [6.07, 6.45) is 1.69. The van der Waals surface area contributed by atoms with Crippen molar-refractivity contribution >= 4 is 23.4 Å². The molecule has 0 fully saturated rings. The molecule has 6 heteroatoms. The van der Waals surface area contributed by atoms with Gasteiger partial charge in [-0.2, -0.15) is 0 Å². The highest BCUT2D eigenvalue weighted by atomic mass is 32.1. The molecule has 2 rings (SSSR count). The van der Waals surface area contributed by atoms with Crippen LogP contribution in [0.5, 0.6) is 0 Å². The summed E-state index contributed by atoms with van der Waals surface area (Å²) in [4.78, 5) is 27.8. The smallest absolute Gasteiger partial charge is 0.410 e. The van der Waals surface area contributed by atoms with Gasteiger partial charge >= 0.3 is 12.1 Å². The number of nitrogens with zero attached hydrogens (tertiary/aromatic N) is 1. The molecule has 2 heterocycles. The quantitative estimate of drug-likeness (QED) is 0.787. The summed E-state index contributed by atoms with van der Waals surface area (Å²) in [5, 5.41) is 0. The van der Waals surface area contributed by atoms with Gasteiger partial charge in [-0.25, -0.2) is 4.79 Å². The predicted octanol–water partition coefficient (Wildman–Crippen LogP) is 3.54. The number of esters is 1. The Morgan fingerprint density at radius 3 is 2.74 bits per heavy atom. The Labute approximate surface area is 141 Å². The molecule has 0 aromatic carbocycles. The third-order valence-corrected chi connectivity index (χ3v) is 4.75. The molecular weight excluding hydrogens is 314 g/mol. The summed E-state index contributed by atoms with van der Waals surface area (Å²) in [6, 6.07) is 2.11. The summed E-state index contributed by atoms with van der Waals surface area (Å²) >= 11 is 1.74. The van der Waals surface area contributed by atoms with E-state index in [1.54, 1.807) is 16.2 Å². The number of ether oxygens (including phenoxy) is 2. The second-order valence-electron chi connectivity index (χ2n) is 6.62. The Morgan fingerprint density at radius 1 is 1.35 bits per heavy atom. The lowest BCUT2D eigenvalue weighted by Crippen LogP contribution is -2.39. The summed E-state index contributed by atoms with van der Waals surface area (Å²) in [7, 11) is 0. The van der Waals surface area contributed by atoms with Crippen LogP contribution in [-0.4, -0.2) is 35.7 Å². The molecule has 0 saturated carbocycles. The van der Waals surface area contributed by atoms with Crippen LogP contribution in [0.2, 0.25) is 0 Å². The van der Waals surface area contributed by atoms with Crippen molar-refractivity contribution in [1.29, 1.82) is 0 Å². The van der Waals surface area contributed by atoms with Crippen LogP contribution >= 0.6 is 11.3 Å². The molecular formula is C17H25NO4S. The number of carbonyl (C=O) groups is 2. The van der Waals surface area contributed by atoms with Crippen molar-refractivity contribution in [1.82, 2.24) is 4.90 Å². The number of carbonyl (C=O) groups excluding carboxylic acids is 2. The minimum Gasteiger partial charge on any atom is -0.466 e. The number of thiophene rings is 1. The zero-order valence-corrected chi connectivity index (χ0v) is 15.1. The highest BCUT2D eigenvalue weighted by Gasteiger charge is 2.26. The lowest BCUT2D eigenvalue weighted by molar-refractivity contribution is -0.143. The fourth-order valence-corrected chi connectivity index (χ4v) is 3.63. The van der Waals surface area contributed by atoms with Crippen LogP contribution in [0.15, 0.2) is 6.07 Å². The first-order valence-electron chi connectivity index (χ1n) is 8.02. The second-order valence-corrected chi connectivity index (χ2v) is 7.84. The SMILES string of the molecule is CCOC(=O)CCc1cc2c(s1)CCN(C(=O)OC(C)(C)C)C2. The maximum Gasteiger partial charge on any atom is 0.410 e. The van der Waals surface area contributed by atoms with Gasteiger partial charge in [0.15, 0.2) is 0 Å². The van der Waals surface area contributed by atoms with Crippen LogP contribution < -0.4 is 0 Å². The molecule has 0 bridgehead atoms. The van der Waals surface area contributed by atoms with Gasteiger partial charge in [-0.05, 0) is 52.2 Å². The standard InChI is InChI=1S/C17H25NO4S/c1-5-21-15(19)7-6-13-10-12-11-18(9-8-14(12)23-13)16(20)22-17(2,3)4/h10H,5-9,11H2,1-4H3. The van der Waals surface area contributed by atoms with Gasteiger partial charge in [-0.1, -0.05) is 0 Å². The molecule has 0 unspecified atom stereocenters. The fraction of sp³-hybridized carbons (Fsp3) is 0.647. The van der Waals surface area contributed by atoms with E-state index in [9.17, 15) is 9.59 Å². The van der Waals surface area contributed by atoms with Crippen molar-refractivity contribution in [3.8, 4) is 0 Å². The van der Waals surface area contributed by atoms with E-state index < -0.39 is 5.60 Å². The summed E-state index contributed by atoms with van der Waals surface area (Å²) in [5.74, 6) is -0.158. The minimum atomic E-state index is -0.475. The van der Waals surface area contributed by atoms with Crippen LogP contribution in [0.25, 0.3) is 0 Å². The summed E-state index contributed by atoms with van der Waals surface area (Å²) in [5.41, 5.74) is 0.697. The summed E-state index contributed by atoms with van der Waals surface area (Å²) in [6.45, 7) is 9.12. The van der Waals surface area contributed by atoms with Gasteiger partial charge in [0.2, 0.25) is 0 Å². The molecule has 1 aromatic rings. The first-order valence-corrected chi connectivity index (χ1v) is 8.84. The topological polar surface area (TPSA) is 55.8 Å². The van der Waals surface area contributed by atoms with Crippen molar-refractivity contribution in [3.63, 3.8) is 0 Å². The second kappa shape index (κ2) is 7.34. The minimum absolute atomic E-state index is 0.158. The van der Waals surface area contributed by atoms with Gasteiger partial charge in [0.05, 0.1) is 19.6 Å². The van der Waals surface area contributed by atoms with Crippen molar-refractivity contribution < 1.29 is 19.1 Å². The number of amides is 1. The average molecular weight is 339 g/mol. The molecule has 0 atom stereocenters. The number of aryl methyl sites for hydroxylation is 1. The molecule has 1 amide bonds. The zero-order valence-electron chi connectivity index (χ0n) is 14.3. The van der Waals surface area contributed by atoms with Crippen LogP contribution in [0, 0.1) is 0 Å². The van der Waals surface area contributed by atoms with Gasteiger partial charge in [0.1, 0.15) is 5.60 Å². The molecule has 1 aromatic heterocycles. The molecule has 0 spiro atoms. The molecule has 0 aliphatic carbocycles. The molecule has 128 valence electrons. The van der Waals surface area contributed by atoms with Crippen molar-refractivity contribution in [2.24, 2.45) is 0 Å². The first kappa shape index (κ1) is 17.8. The molecule has 0 radical (unpaired) electrons. The number of fused-ring (bicyclic) bond motifs is 1. The van der Waals surface area contributed by atoms with Gasteiger partial charge in [0.25, 0.3) is 0 Å². The Morgan fingerprint density at radius 2 is 2.09 bits per heavy atom. The number of rotatable bonds is 4. The Kier molecular flexibility index (Phi) is 5.68. The van der Waals surface area contributed by atoms with E-state index in [2.05, 4.69) is 6.07 Å². The van der Waals surface area contributed by atoms with Crippen LogP contribution in [0.3, 0.4) is 0 Å². The maximum atomic E-state index is 12.2. The van der Waals surface area contributed by atoms with Gasteiger partial charge in [0, 0.05) is 16.3 Å². The Hall–Kier alpha value is -1.56. The normalized spacial score (nSPS) is 14.3. The summed E-state index contributed by atoms with van der Waals surface area (Å²) < 4.78 is 10.4. The molecule has 1 aliphatic rings. The third-order valence-electron chi connectivity index (χ3n) is 3.45. The Balaban J connectivity index is 1.94. The molecule has 23 heavy (non-hydrogen) atoms. The molecule has 0 saturated heterocycles. The van der Waals surface area contributed by atoms with Crippen LogP contribution in [-0.2, 0) is 33.7 Å². The van der Waals surface area contributed by atoms with Gasteiger partial charge < -0.3 is 14.4 Å². The zero-order chi connectivity index (χ0) is 17.0. The largest absolute Gasteiger partial charge is 0.466 e. The predicted molar refractivity (Wildman–Crippen MR) is 89.6 cm³/mol. The third kappa shape index (κ3) is 5.23. The lowest BCUT2D eigenvalue weighted by Gasteiger charge is -2.29. The maximum absolute atomic E-state index is 12.2. The van der Waals surface area contributed by atoms with Gasteiger partial charge in [-0.3, -0.25) is 4.79 Å². The first-order chi connectivity index (χ1) is 10.8. The van der Waals surface area contributed by atoms with E-state index in [4.69, 9.17) is 9.47 Å². The van der Waals surface area contributed by atoms with E-state index in [0.29, 0.717) is 32.5 Å². The number of hydrogen-bond donors (Lipinski definition) is 0. The van der Waals surface area contributed by atoms with Gasteiger partial charge in [-0.15, -0.1) is 11.3 Å². The van der Waals surface area contributed by atoms with E-state index in [0.717, 1.165) is 6.42 Å². The lowest BCUT2D eigenvalue weighted by atomic mass is 10.1. The van der Waals surface area contributed by atoms with Crippen LogP contribution in [0.1, 0.15) is 49.4 Å². The fourth-order valence-electron chi connectivity index (χ4n) is 2.46. The van der Waals surface area contributed by atoms with Crippen molar-refractivity contribution in [2.75, 3.05) is 13.2 Å². The van der Waals surface area contributed by atoms with E-state index in [1.165, 1.54) is 15.3 Å². The molecule has 0 N–H and O–H groups in total. The van der Waals surface area contributed by atoms with Crippen molar-refractivity contribution in [2.45, 2.75) is 59.1 Å². The van der Waals surface area contributed by atoms with E-state index >= 15 is 0 Å². The van der Waals surface area contributed by atoms with Crippen molar-refractivity contribution in [3.05, 3.63) is 21.4 Å². The van der Waals surface area contributed by atoms with E-state index in [-0.39, 0.29) is 12.1 Å². The van der Waals surface area contributed by atoms with Crippen LogP contribution in [0.4, 0.5) is 4.79 Å². The highest BCUT2D eigenvalue weighted by molar-refractivity contribution is 7.12. The highest BCUT2D eigenvalue weighted by Crippen LogP contribution is 2.29. The van der Waals surface area contributed by atoms with E-state index in [1.807, 2.05) is 27.7 Å². The monoisotopic (exact) mass is 339 g/mol. The molecule has 1 aliphatic heterocycles. The number of hydrogen-bond acceptors (Lipinski definition) is 5. The molecule has 5 nitrogen and oxygen atoms in total. The Bertz CT molecular complexity index is 574. The average Bonchev–Trinajstić information content (AvgIpc) is 2.85.